The minimum absolute atomic E-state index is 0.00709. The van der Waals surface area contributed by atoms with Crippen LogP contribution in [0.2, 0.25) is 0 Å². The summed E-state index contributed by atoms with van der Waals surface area (Å²) in [5, 5.41) is 0. The first-order valence-corrected chi connectivity index (χ1v) is 4.83. The van der Waals surface area contributed by atoms with E-state index < -0.39 is 19.3 Å². The van der Waals surface area contributed by atoms with Crippen LogP contribution in [0.1, 0.15) is 15.9 Å². The zero-order valence-electron chi connectivity index (χ0n) is 9.38. The molecule has 0 spiro atoms. The van der Waals surface area contributed by atoms with Crippen LogP contribution in [0.4, 0.5) is 12.9 Å². The molecule has 0 amide bonds. The molecule has 0 N–H and O–H groups in total. The molecule has 0 aliphatic carbocycles. The molecule has 0 aromatic heterocycles. The second-order valence-corrected chi connectivity index (χ2v) is 3.43. The normalized spacial score (nSPS) is 11.1. The Morgan fingerprint density at radius 3 is 2.41 bits per heavy atom. The summed E-state index contributed by atoms with van der Waals surface area (Å²) in [7, 11) is 2.45. The van der Waals surface area contributed by atoms with Gasteiger partial charge in [-0.25, -0.2) is 4.79 Å². The largest absolute Gasteiger partial charge is 0.497 e. The zero-order chi connectivity index (χ0) is 13.1. The Hall–Kier alpha value is -1.66. The Labute approximate surface area is 96.6 Å². The number of hydrogen-bond acceptors (Lipinski definition) is 3. The van der Waals surface area contributed by atoms with E-state index in [1.54, 1.807) is 0 Å². The van der Waals surface area contributed by atoms with Gasteiger partial charge in [0.15, 0.2) is 0 Å². The second-order valence-electron chi connectivity index (χ2n) is 3.43. The lowest BCUT2D eigenvalue weighted by Gasteiger charge is -2.16. The molecule has 0 aliphatic heterocycles. The fourth-order valence-electron chi connectivity index (χ4n) is 1.41. The van der Waals surface area contributed by atoms with Gasteiger partial charge in [0.1, 0.15) is 5.75 Å². The van der Waals surface area contributed by atoms with Gasteiger partial charge in [0.05, 0.1) is 19.8 Å². The van der Waals surface area contributed by atoms with Gasteiger partial charge in [-0.05, 0) is 17.7 Å². The third-order valence-electron chi connectivity index (χ3n) is 2.16. The smallest absolute Gasteiger partial charge is 0.482 e. The van der Waals surface area contributed by atoms with Crippen molar-refractivity contribution in [3.05, 3.63) is 29.3 Å². The van der Waals surface area contributed by atoms with Gasteiger partial charge in [0.25, 0.3) is 0 Å². The Balaban J connectivity index is 3.05. The van der Waals surface area contributed by atoms with Crippen molar-refractivity contribution in [1.29, 1.82) is 0 Å². The van der Waals surface area contributed by atoms with E-state index >= 15 is 0 Å². The SMILES string of the molecule is COC(=O)c1ccc(C[B-](F)(F)F)c(OC)c1. The Bertz CT molecular complexity index is 418. The van der Waals surface area contributed by atoms with Crippen molar-refractivity contribution in [3.8, 4) is 5.75 Å². The molecule has 3 nitrogen and oxygen atoms in total. The lowest BCUT2D eigenvalue weighted by Crippen LogP contribution is -2.20. The number of carbonyl (C=O) groups is 1. The number of benzene rings is 1. The third-order valence-corrected chi connectivity index (χ3v) is 2.16. The van der Waals surface area contributed by atoms with Crippen LogP contribution in [-0.4, -0.2) is 27.2 Å². The summed E-state index contributed by atoms with van der Waals surface area (Å²) in [6.45, 7) is -4.94. The van der Waals surface area contributed by atoms with Crippen LogP contribution in [-0.2, 0) is 11.1 Å². The van der Waals surface area contributed by atoms with Crippen molar-refractivity contribution in [1.82, 2.24) is 0 Å². The van der Waals surface area contributed by atoms with E-state index in [2.05, 4.69) is 4.74 Å². The van der Waals surface area contributed by atoms with Crippen LogP contribution in [0.5, 0.6) is 5.75 Å². The predicted molar refractivity (Wildman–Crippen MR) is 57.1 cm³/mol. The van der Waals surface area contributed by atoms with Crippen LogP contribution < -0.4 is 4.74 Å². The summed E-state index contributed by atoms with van der Waals surface area (Å²) in [6, 6.07) is 3.74. The Kier molecular flexibility index (Phi) is 4.04. The molecular weight excluding hydrogens is 236 g/mol. The standard InChI is InChI=1S/C10H11BF3O3/c1-16-9-5-7(10(15)17-2)3-4-8(9)6-11(12,13)14/h3-5H,6H2,1-2H3/q-1. The van der Waals surface area contributed by atoms with E-state index in [-0.39, 0.29) is 16.9 Å². The van der Waals surface area contributed by atoms with Gasteiger partial charge in [-0.3, -0.25) is 0 Å². The summed E-state index contributed by atoms with van der Waals surface area (Å²) in [4.78, 5) is 11.2. The first kappa shape index (κ1) is 13.4. The zero-order valence-corrected chi connectivity index (χ0v) is 9.38. The van der Waals surface area contributed by atoms with Crippen molar-refractivity contribution in [3.63, 3.8) is 0 Å². The van der Waals surface area contributed by atoms with E-state index in [4.69, 9.17) is 4.74 Å². The highest BCUT2D eigenvalue weighted by Gasteiger charge is 2.25. The summed E-state index contributed by atoms with van der Waals surface area (Å²) >= 11 is 0. The molecule has 0 aliphatic rings. The van der Waals surface area contributed by atoms with Crippen LogP contribution in [0.25, 0.3) is 0 Å². The third kappa shape index (κ3) is 3.69. The lowest BCUT2D eigenvalue weighted by atomic mass is 9.81. The summed E-state index contributed by atoms with van der Waals surface area (Å²) in [5.41, 5.74) is 0.162. The molecule has 0 bridgehead atoms. The summed E-state index contributed by atoms with van der Waals surface area (Å²) < 4.78 is 46.2. The van der Waals surface area contributed by atoms with Crippen LogP contribution >= 0.6 is 0 Å². The number of rotatable bonds is 4. The number of ether oxygens (including phenoxy) is 2. The van der Waals surface area contributed by atoms with Gasteiger partial charge in [0.2, 0.25) is 0 Å². The first-order valence-electron chi connectivity index (χ1n) is 4.83. The molecule has 1 aromatic rings. The minimum atomic E-state index is -4.94. The highest BCUT2D eigenvalue weighted by atomic mass is 19.4. The molecule has 0 saturated carbocycles. The van der Waals surface area contributed by atoms with Crippen molar-refractivity contribution in [2.75, 3.05) is 14.2 Å². The van der Waals surface area contributed by atoms with E-state index in [1.165, 1.54) is 32.4 Å². The molecule has 0 fully saturated rings. The van der Waals surface area contributed by atoms with Crippen LogP contribution in [0.15, 0.2) is 18.2 Å². The van der Waals surface area contributed by atoms with Gasteiger partial charge in [-0.2, -0.15) is 0 Å². The number of hydrogen-bond donors (Lipinski definition) is 0. The quantitative estimate of drug-likeness (QED) is 0.605. The van der Waals surface area contributed by atoms with Crippen molar-refractivity contribution in [2.24, 2.45) is 0 Å². The van der Waals surface area contributed by atoms with Crippen molar-refractivity contribution < 1.29 is 27.2 Å². The average Bonchev–Trinajstić information content (AvgIpc) is 2.26. The molecule has 0 saturated heterocycles. The summed E-state index contributed by atoms with van der Waals surface area (Å²) in [6.07, 6.45) is -1.04. The van der Waals surface area contributed by atoms with Crippen LogP contribution in [0, 0.1) is 0 Å². The second kappa shape index (κ2) is 5.12. The number of halogens is 3. The Morgan fingerprint density at radius 1 is 1.29 bits per heavy atom. The van der Waals surface area contributed by atoms with Crippen molar-refractivity contribution >= 4 is 12.9 Å². The number of methoxy groups -OCH3 is 2. The van der Waals surface area contributed by atoms with Crippen LogP contribution in [0.3, 0.4) is 0 Å². The molecule has 17 heavy (non-hydrogen) atoms. The molecule has 0 atom stereocenters. The molecule has 7 heteroatoms. The number of carbonyl (C=O) groups excluding carboxylic acids is 1. The molecule has 1 aromatic carbocycles. The Morgan fingerprint density at radius 2 is 1.94 bits per heavy atom. The lowest BCUT2D eigenvalue weighted by molar-refractivity contribution is 0.0600. The van der Waals surface area contributed by atoms with E-state index in [0.29, 0.717) is 0 Å². The van der Waals surface area contributed by atoms with E-state index in [1.807, 2.05) is 0 Å². The predicted octanol–water partition coefficient (Wildman–Crippen LogP) is 2.41. The van der Waals surface area contributed by atoms with Gasteiger partial charge in [-0.15, -0.1) is 0 Å². The topological polar surface area (TPSA) is 35.5 Å². The van der Waals surface area contributed by atoms with E-state index in [0.717, 1.165) is 0 Å². The van der Waals surface area contributed by atoms with Gasteiger partial charge < -0.3 is 22.4 Å². The van der Waals surface area contributed by atoms with Crippen molar-refractivity contribution in [2.45, 2.75) is 6.32 Å². The van der Waals surface area contributed by atoms with Gasteiger partial charge in [0, 0.05) is 0 Å². The first-order chi connectivity index (χ1) is 7.87. The minimum Gasteiger partial charge on any atom is -0.497 e. The molecule has 0 heterocycles. The summed E-state index contributed by atoms with van der Waals surface area (Å²) in [5.74, 6) is -0.584. The molecule has 1 rings (SSSR count). The maximum atomic E-state index is 12.3. The fourth-order valence-corrected chi connectivity index (χ4v) is 1.41. The molecular formula is C10H11BF3O3-. The van der Waals surface area contributed by atoms with Gasteiger partial charge >= 0.3 is 12.9 Å². The fraction of sp³-hybridized carbons (Fsp3) is 0.300. The average molecular weight is 247 g/mol. The molecule has 94 valence electrons. The highest BCUT2D eigenvalue weighted by Crippen LogP contribution is 2.26. The molecule has 0 radical (unpaired) electrons. The number of esters is 1. The van der Waals surface area contributed by atoms with E-state index in [9.17, 15) is 17.7 Å². The van der Waals surface area contributed by atoms with Gasteiger partial charge in [-0.1, -0.05) is 12.4 Å². The molecule has 0 unspecified atom stereocenters. The maximum Gasteiger partial charge on any atom is 0.482 e. The highest BCUT2D eigenvalue weighted by molar-refractivity contribution is 6.57. The maximum absolute atomic E-state index is 12.3. The monoisotopic (exact) mass is 247 g/mol.